The summed E-state index contributed by atoms with van der Waals surface area (Å²) in [5, 5.41) is 5.10. The molecule has 5 heteroatoms. The zero-order valence-corrected chi connectivity index (χ0v) is 10.7. The van der Waals surface area contributed by atoms with E-state index < -0.39 is 0 Å². The van der Waals surface area contributed by atoms with Gasteiger partial charge in [0.2, 0.25) is 5.89 Å². The molecule has 2 heterocycles. The molecule has 0 saturated carbocycles. The molecule has 0 aliphatic heterocycles. The van der Waals surface area contributed by atoms with Crippen molar-refractivity contribution in [3.63, 3.8) is 0 Å². The van der Waals surface area contributed by atoms with Crippen molar-refractivity contribution in [2.24, 2.45) is 0 Å². The van der Waals surface area contributed by atoms with Crippen LogP contribution < -0.4 is 0 Å². The van der Waals surface area contributed by atoms with Crippen LogP contribution in [0.15, 0.2) is 35.0 Å². The van der Waals surface area contributed by atoms with E-state index in [2.05, 4.69) is 27.3 Å². The molecule has 0 atom stereocenters. The minimum Gasteiger partial charge on any atom is -0.377 e. The van der Waals surface area contributed by atoms with Crippen molar-refractivity contribution in [2.45, 2.75) is 19.4 Å². The van der Waals surface area contributed by atoms with Crippen LogP contribution in [0.5, 0.6) is 0 Å². The first-order valence-electron chi connectivity index (χ1n) is 6.22. The van der Waals surface area contributed by atoms with Crippen molar-refractivity contribution in [1.29, 1.82) is 0 Å². The second-order valence-corrected chi connectivity index (χ2v) is 4.40. The number of methoxy groups -OCH3 is 1. The van der Waals surface area contributed by atoms with Crippen LogP contribution in [0.3, 0.4) is 0 Å². The van der Waals surface area contributed by atoms with Gasteiger partial charge >= 0.3 is 0 Å². The number of hydrogen-bond acceptors (Lipinski definition) is 4. The molecule has 1 N–H and O–H groups in total. The molecule has 0 aliphatic rings. The van der Waals surface area contributed by atoms with Gasteiger partial charge in [-0.1, -0.05) is 23.4 Å². The number of nitrogens with zero attached hydrogens (tertiary/aromatic N) is 2. The summed E-state index contributed by atoms with van der Waals surface area (Å²) in [5.41, 5.74) is 2.42. The van der Waals surface area contributed by atoms with Gasteiger partial charge in [0.25, 0.3) is 0 Å². The molecular weight excluding hydrogens is 242 g/mol. The number of hydrogen-bond donors (Lipinski definition) is 1. The highest BCUT2D eigenvalue weighted by Crippen LogP contribution is 2.19. The third kappa shape index (κ3) is 2.51. The number of nitrogens with one attached hydrogen (secondary N) is 1. The Bertz CT molecular complexity index is 672. The van der Waals surface area contributed by atoms with Crippen molar-refractivity contribution in [1.82, 2.24) is 15.1 Å². The quantitative estimate of drug-likeness (QED) is 0.762. The third-order valence-electron chi connectivity index (χ3n) is 3.07. The number of H-pyrrole nitrogens is 1. The fourth-order valence-electron chi connectivity index (χ4n) is 2.16. The summed E-state index contributed by atoms with van der Waals surface area (Å²) in [4.78, 5) is 7.53. The maximum atomic E-state index is 5.18. The topological polar surface area (TPSA) is 63.9 Å². The molecule has 0 bridgehead atoms. The largest absolute Gasteiger partial charge is 0.377 e. The lowest BCUT2D eigenvalue weighted by molar-refractivity contribution is 0.174. The first-order valence-corrected chi connectivity index (χ1v) is 6.22. The van der Waals surface area contributed by atoms with Gasteiger partial charge in [-0.15, -0.1) is 0 Å². The minimum absolute atomic E-state index is 0.386. The first kappa shape index (κ1) is 11.9. The number of aromatic nitrogens is 3. The molecule has 98 valence electrons. The van der Waals surface area contributed by atoms with E-state index in [4.69, 9.17) is 9.26 Å². The predicted octanol–water partition coefficient (Wildman–Crippen LogP) is 2.48. The third-order valence-corrected chi connectivity index (χ3v) is 3.07. The van der Waals surface area contributed by atoms with E-state index in [0.717, 1.165) is 18.4 Å². The van der Waals surface area contributed by atoms with E-state index >= 15 is 0 Å². The second kappa shape index (κ2) is 5.24. The molecule has 0 radical (unpaired) electrons. The summed E-state index contributed by atoms with van der Waals surface area (Å²) in [6, 6.07) is 8.26. The van der Waals surface area contributed by atoms with E-state index in [1.54, 1.807) is 7.11 Å². The van der Waals surface area contributed by atoms with Gasteiger partial charge in [-0.05, 0) is 18.1 Å². The van der Waals surface area contributed by atoms with Crippen molar-refractivity contribution >= 4 is 10.9 Å². The molecule has 19 heavy (non-hydrogen) atoms. The number of aryl methyl sites for hydroxylation is 2. The molecule has 2 aromatic heterocycles. The summed E-state index contributed by atoms with van der Waals surface area (Å²) >= 11 is 0. The Morgan fingerprint density at radius 2 is 2.16 bits per heavy atom. The van der Waals surface area contributed by atoms with Gasteiger partial charge in [0.05, 0.1) is 0 Å². The molecule has 3 aromatic rings. The molecule has 0 spiro atoms. The van der Waals surface area contributed by atoms with E-state index in [1.807, 2.05) is 18.3 Å². The lowest BCUT2D eigenvalue weighted by Crippen LogP contribution is -1.93. The Balaban J connectivity index is 1.71. The van der Waals surface area contributed by atoms with Crippen molar-refractivity contribution in [3.8, 4) is 0 Å². The van der Waals surface area contributed by atoms with Crippen molar-refractivity contribution in [3.05, 3.63) is 47.7 Å². The number of para-hydroxylation sites is 1. The average Bonchev–Trinajstić information content (AvgIpc) is 3.04. The average molecular weight is 257 g/mol. The Morgan fingerprint density at radius 3 is 3.05 bits per heavy atom. The van der Waals surface area contributed by atoms with Crippen molar-refractivity contribution < 1.29 is 9.26 Å². The van der Waals surface area contributed by atoms with Gasteiger partial charge in [-0.3, -0.25) is 0 Å². The van der Waals surface area contributed by atoms with Crippen molar-refractivity contribution in [2.75, 3.05) is 7.11 Å². The van der Waals surface area contributed by atoms with E-state index in [9.17, 15) is 0 Å². The van der Waals surface area contributed by atoms with Gasteiger partial charge < -0.3 is 14.2 Å². The summed E-state index contributed by atoms with van der Waals surface area (Å²) in [5.74, 6) is 1.24. The van der Waals surface area contributed by atoms with Gasteiger partial charge in [0.1, 0.15) is 6.61 Å². The SMILES string of the molecule is COCc1noc(CCc2c[nH]c3ccccc23)n1. The summed E-state index contributed by atoms with van der Waals surface area (Å²) < 4.78 is 10.1. The van der Waals surface area contributed by atoms with Crippen LogP contribution in [0.2, 0.25) is 0 Å². The zero-order valence-electron chi connectivity index (χ0n) is 10.7. The van der Waals surface area contributed by atoms with Crippen LogP contribution >= 0.6 is 0 Å². The number of fused-ring (bicyclic) bond motifs is 1. The Labute approximate surface area is 110 Å². The Morgan fingerprint density at radius 1 is 1.26 bits per heavy atom. The van der Waals surface area contributed by atoms with Gasteiger partial charge in [-0.2, -0.15) is 4.98 Å². The second-order valence-electron chi connectivity index (χ2n) is 4.40. The molecule has 0 amide bonds. The lowest BCUT2D eigenvalue weighted by Gasteiger charge is -1.95. The van der Waals surface area contributed by atoms with Crippen LogP contribution in [0.4, 0.5) is 0 Å². The molecule has 0 fully saturated rings. The normalized spacial score (nSPS) is 11.2. The number of ether oxygens (including phenoxy) is 1. The van der Waals surface area contributed by atoms with Crippen LogP contribution in [-0.2, 0) is 24.2 Å². The molecule has 3 rings (SSSR count). The standard InChI is InChI=1S/C14H15N3O2/c1-18-9-13-16-14(19-17-13)7-6-10-8-15-12-5-3-2-4-11(10)12/h2-5,8,15H,6-7,9H2,1H3. The molecule has 0 saturated heterocycles. The highest BCUT2D eigenvalue weighted by atomic mass is 16.5. The van der Waals surface area contributed by atoms with Crippen LogP contribution in [-0.4, -0.2) is 22.2 Å². The predicted molar refractivity (Wildman–Crippen MR) is 70.7 cm³/mol. The first-order chi connectivity index (χ1) is 9.36. The fraction of sp³-hybridized carbons (Fsp3) is 0.286. The zero-order chi connectivity index (χ0) is 13.1. The van der Waals surface area contributed by atoms with Gasteiger partial charge in [0.15, 0.2) is 5.82 Å². The monoisotopic (exact) mass is 257 g/mol. The number of aromatic amines is 1. The highest BCUT2D eigenvalue weighted by Gasteiger charge is 2.08. The van der Waals surface area contributed by atoms with Crippen LogP contribution in [0.25, 0.3) is 10.9 Å². The van der Waals surface area contributed by atoms with Gasteiger partial charge in [-0.25, -0.2) is 0 Å². The van der Waals surface area contributed by atoms with Gasteiger partial charge in [0, 0.05) is 30.6 Å². The summed E-state index contributed by atoms with van der Waals surface area (Å²) in [6.45, 7) is 0.386. The molecule has 0 aliphatic carbocycles. The minimum atomic E-state index is 0.386. The molecular formula is C14H15N3O2. The summed E-state index contributed by atoms with van der Waals surface area (Å²) in [6.07, 6.45) is 3.65. The van der Waals surface area contributed by atoms with Crippen LogP contribution in [0, 0.1) is 0 Å². The maximum Gasteiger partial charge on any atom is 0.227 e. The fourth-order valence-corrected chi connectivity index (χ4v) is 2.16. The molecule has 5 nitrogen and oxygen atoms in total. The molecule has 1 aromatic carbocycles. The van der Waals surface area contributed by atoms with E-state index in [1.165, 1.54) is 10.9 Å². The van der Waals surface area contributed by atoms with Crippen LogP contribution in [0.1, 0.15) is 17.3 Å². The summed E-state index contributed by atoms with van der Waals surface area (Å²) in [7, 11) is 1.61. The lowest BCUT2D eigenvalue weighted by atomic mass is 10.1. The highest BCUT2D eigenvalue weighted by molar-refractivity contribution is 5.83. The Hall–Kier alpha value is -2.14. The number of rotatable bonds is 5. The Kier molecular flexibility index (Phi) is 3.29. The van der Waals surface area contributed by atoms with E-state index in [0.29, 0.717) is 18.3 Å². The molecule has 0 unspecified atom stereocenters. The number of benzene rings is 1. The maximum absolute atomic E-state index is 5.18. The smallest absolute Gasteiger partial charge is 0.227 e. The van der Waals surface area contributed by atoms with E-state index in [-0.39, 0.29) is 0 Å².